The zero-order valence-electron chi connectivity index (χ0n) is 21.3. The van der Waals surface area contributed by atoms with Gasteiger partial charge in [0.15, 0.2) is 5.78 Å². The maximum absolute atomic E-state index is 14.1. The number of pyridine rings is 1. The van der Waals surface area contributed by atoms with E-state index in [1.165, 1.54) is 16.9 Å². The molecule has 1 fully saturated rings. The van der Waals surface area contributed by atoms with Gasteiger partial charge in [0, 0.05) is 72.1 Å². The maximum atomic E-state index is 14.1. The Balaban J connectivity index is 1.42. The zero-order valence-corrected chi connectivity index (χ0v) is 22.9. The number of piperazine rings is 1. The number of ketones is 1. The summed E-state index contributed by atoms with van der Waals surface area (Å²) in [6.45, 7) is 5.01. The molecular formula is C30H29ClN4O2S. The van der Waals surface area contributed by atoms with E-state index < -0.39 is 0 Å². The van der Waals surface area contributed by atoms with Crippen LogP contribution in [0.25, 0.3) is 27.5 Å². The number of carbonyl (C=O) groups excluding carboxylic acids is 1. The summed E-state index contributed by atoms with van der Waals surface area (Å²) in [6.07, 6.45) is 1.96. The molecule has 0 radical (unpaired) electrons. The number of likely N-dealkylation sites (N-methyl/N-ethyl adjacent to an activating group) is 1. The van der Waals surface area contributed by atoms with Gasteiger partial charge in [0.05, 0.1) is 11.3 Å². The van der Waals surface area contributed by atoms with Crippen molar-refractivity contribution in [1.82, 2.24) is 19.4 Å². The summed E-state index contributed by atoms with van der Waals surface area (Å²) >= 11 is 7.47. The normalized spacial score (nSPS) is 16.5. The first-order chi connectivity index (χ1) is 18.5. The van der Waals surface area contributed by atoms with E-state index in [1.807, 2.05) is 41.8 Å². The number of nitrogens with zero attached hydrogens (tertiary/aromatic N) is 4. The number of hydrogen-bond acceptors (Lipinski definition) is 6. The fraction of sp³-hybridized carbons (Fsp3) is 0.300. The van der Waals surface area contributed by atoms with Gasteiger partial charge in [-0.3, -0.25) is 19.1 Å². The summed E-state index contributed by atoms with van der Waals surface area (Å²) in [5, 5.41) is 3.22. The van der Waals surface area contributed by atoms with Crippen LogP contribution in [0.15, 0.2) is 64.8 Å². The monoisotopic (exact) mass is 544 g/mol. The fourth-order valence-electron chi connectivity index (χ4n) is 5.33. The first-order valence-corrected chi connectivity index (χ1v) is 14.3. The molecule has 0 spiro atoms. The fourth-order valence-corrected chi connectivity index (χ4v) is 6.29. The van der Waals surface area contributed by atoms with E-state index in [0.717, 1.165) is 61.8 Å². The molecule has 0 bridgehead atoms. The van der Waals surface area contributed by atoms with Gasteiger partial charge in [0.2, 0.25) is 0 Å². The lowest BCUT2D eigenvalue weighted by molar-refractivity contribution is 0.0971. The molecule has 3 heterocycles. The molecular weight excluding hydrogens is 516 g/mol. The van der Waals surface area contributed by atoms with Crippen LogP contribution in [0.5, 0.6) is 0 Å². The number of rotatable bonds is 5. The predicted molar refractivity (Wildman–Crippen MR) is 154 cm³/mol. The molecule has 0 amide bonds. The van der Waals surface area contributed by atoms with Gasteiger partial charge in [-0.05, 0) is 55.8 Å². The third kappa shape index (κ3) is 4.99. The van der Waals surface area contributed by atoms with Crippen molar-refractivity contribution in [2.24, 2.45) is 0 Å². The first kappa shape index (κ1) is 25.2. The molecule has 0 N–H and O–H groups in total. The Morgan fingerprint density at radius 3 is 2.53 bits per heavy atom. The summed E-state index contributed by atoms with van der Waals surface area (Å²) < 4.78 is 1.76. The van der Waals surface area contributed by atoms with Crippen LogP contribution in [0.4, 0.5) is 0 Å². The second-order valence-electron chi connectivity index (χ2n) is 10.1. The lowest BCUT2D eigenvalue weighted by Crippen LogP contribution is -2.43. The molecule has 6 rings (SSSR count). The van der Waals surface area contributed by atoms with Crippen molar-refractivity contribution in [2.75, 3.05) is 33.2 Å². The molecule has 2 aromatic heterocycles. The van der Waals surface area contributed by atoms with E-state index in [4.69, 9.17) is 16.6 Å². The van der Waals surface area contributed by atoms with Gasteiger partial charge in [0.25, 0.3) is 5.56 Å². The number of benzene rings is 2. The largest absolute Gasteiger partial charge is 0.304 e. The van der Waals surface area contributed by atoms with Gasteiger partial charge in [-0.15, -0.1) is 11.3 Å². The standard InChI is InChI=1S/C30H29ClN4O2S/c1-33-12-14-34(15-13-33)18-20-4-2-5-23(16-20)35-27-6-3-7-28(36)24(27)17-25(30(35)37)29-32-26(19-38-29)21-8-10-22(31)11-9-21/h2,4-5,8-11,16-17,19H,3,6-7,12-15,18H2,1H3. The van der Waals surface area contributed by atoms with Crippen molar-refractivity contribution in [1.29, 1.82) is 0 Å². The average Bonchev–Trinajstić information content (AvgIpc) is 3.41. The van der Waals surface area contributed by atoms with Gasteiger partial charge in [-0.2, -0.15) is 0 Å². The molecule has 38 heavy (non-hydrogen) atoms. The molecule has 1 saturated heterocycles. The summed E-state index contributed by atoms with van der Waals surface area (Å²) in [7, 11) is 2.16. The van der Waals surface area contributed by atoms with Crippen LogP contribution in [0.3, 0.4) is 0 Å². The van der Waals surface area contributed by atoms with E-state index in [9.17, 15) is 9.59 Å². The Labute approximate surface area is 231 Å². The maximum Gasteiger partial charge on any atom is 0.265 e. The van der Waals surface area contributed by atoms with Crippen LogP contribution in [0.2, 0.25) is 5.02 Å². The van der Waals surface area contributed by atoms with E-state index in [-0.39, 0.29) is 11.3 Å². The van der Waals surface area contributed by atoms with Crippen LogP contribution < -0.4 is 5.56 Å². The van der Waals surface area contributed by atoms with E-state index in [0.29, 0.717) is 34.0 Å². The summed E-state index contributed by atoms with van der Waals surface area (Å²) in [5.41, 5.74) is 5.47. The van der Waals surface area contributed by atoms with Crippen LogP contribution in [-0.2, 0) is 13.0 Å². The number of carbonyl (C=O) groups is 1. The highest BCUT2D eigenvalue weighted by molar-refractivity contribution is 7.13. The van der Waals surface area contributed by atoms with Gasteiger partial charge in [-0.1, -0.05) is 35.9 Å². The van der Waals surface area contributed by atoms with Crippen molar-refractivity contribution in [2.45, 2.75) is 25.8 Å². The minimum Gasteiger partial charge on any atom is -0.304 e. The Bertz CT molecular complexity index is 1550. The van der Waals surface area contributed by atoms with Crippen LogP contribution in [0.1, 0.15) is 34.5 Å². The Morgan fingerprint density at radius 2 is 1.74 bits per heavy atom. The highest BCUT2D eigenvalue weighted by Gasteiger charge is 2.26. The molecule has 4 aromatic rings. The molecule has 0 unspecified atom stereocenters. The van der Waals surface area contributed by atoms with Crippen molar-refractivity contribution in [3.63, 3.8) is 0 Å². The molecule has 2 aliphatic rings. The number of halogens is 1. The van der Waals surface area contributed by atoms with E-state index in [2.05, 4.69) is 29.0 Å². The molecule has 8 heteroatoms. The second-order valence-corrected chi connectivity index (χ2v) is 11.4. The third-order valence-corrected chi connectivity index (χ3v) is 8.59. The van der Waals surface area contributed by atoms with Crippen LogP contribution in [-0.4, -0.2) is 58.4 Å². The molecule has 0 saturated carbocycles. The highest BCUT2D eigenvalue weighted by atomic mass is 35.5. The Kier molecular flexibility index (Phi) is 7.01. The van der Waals surface area contributed by atoms with Crippen molar-refractivity contribution < 1.29 is 4.79 Å². The zero-order chi connectivity index (χ0) is 26.2. The minimum absolute atomic E-state index is 0.0873. The van der Waals surface area contributed by atoms with Crippen molar-refractivity contribution in [3.05, 3.63) is 92.2 Å². The Hall–Kier alpha value is -3.10. The van der Waals surface area contributed by atoms with Crippen LogP contribution >= 0.6 is 22.9 Å². The smallest absolute Gasteiger partial charge is 0.265 e. The summed E-state index contributed by atoms with van der Waals surface area (Å²) in [6, 6.07) is 17.5. The molecule has 194 valence electrons. The number of Topliss-reactive ketones (excluding diaryl/α,β-unsaturated/α-hetero) is 1. The molecule has 2 aromatic carbocycles. The van der Waals surface area contributed by atoms with Gasteiger partial charge >= 0.3 is 0 Å². The SMILES string of the molecule is CN1CCN(Cc2cccc(-n3c4c(cc(-c5nc(-c6ccc(Cl)cc6)cs5)c3=O)C(=O)CCC4)c2)CC1. The van der Waals surface area contributed by atoms with Gasteiger partial charge in [0.1, 0.15) is 5.01 Å². The lowest BCUT2D eigenvalue weighted by atomic mass is 9.93. The van der Waals surface area contributed by atoms with Crippen molar-refractivity contribution in [3.8, 4) is 27.5 Å². The highest BCUT2D eigenvalue weighted by Crippen LogP contribution is 2.31. The summed E-state index contributed by atoms with van der Waals surface area (Å²) in [4.78, 5) is 36.7. The molecule has 0 atom stereocenters. The van der Waals surface area contributed by atoms with Gasteiger partial charge < -0.3 is 4.90 Å². The van der Waals surface area contributed by atoms with Crippen molar-refractivity contribution >= 4 is 28.7 Å². The van der Waals surface area contributed by atoms with Crippen LogP contribution in [0, 0.1) is 0 Å². The number of hydrogen-bond donors (Lipinski definition) is 0. The lowest BCUT2D eigenvalue weighted by Gasteiger charge is -2.32. The Morgan fingerprint density at radius 1 is 0.947 bits per heavy atom. The van der Waals surface area contributed by atoms with E-state index >= 15 is 0 Å². The number of fused-ring (bicyclic) bond motifs is 1. The average molecular weight is 545 g/mol. The predicted octanol–water partition coefficient (Wildman–Crippen LogP) is 5.55. The molecule has 1 aliphatic heterocycles. The molecule has 6 nitrogen and oxygen atoms in total. The quantitative estimate of drug-likeness (QED) is 0.330. The topological polar surface area (TPSA) is 58.4 Å². The van der Waals surface area contributed by atoms with Gasteiger partial charge in [-0.25, -0.2) is 4.98 Å². The minimum atomic E-state index is -0.132. The summed E-state index contributed by atoms with van der Waals surface area (Å²) in [5.74, 6) is 0.0873. The number of aromatic nitrogens is 2. The number of thiazole rings is 1. The molecule has 1 aliphatic carbocycles. The van der Waals surface area contributed by atoms with E-state index in [1.54, 1.807) is 10.6 Å². The third-order valence-electron chi connectivity index (χ3n) is 7.47. The second kappa shape index (κ2) is 10.6. The first-order valence-electron chi connectivity index (χ1n) is 13.0.